The van der Waals surface area contributed by atoms with Gasteiger partial charge in [0, 0.05) is 30.6 Å². The largest absolute Gasteiger partial charge is 0.506 e. The first-order chi connectivity index (χ1) is 25.3. The molecular weight excluding hydrogens is 719 g/mol. The number of likely N-dealkylation sites (tertiary alicyclic amines) is 1. The summed E-state index contributed by atoms with van der Waals surface area (Å²) in [4.78, 5) is 78.1. The van der Waals surface area contributed by atoms with Gasteiger partial charge in [-0.2, -0.15) is 8.42 Å². The fraction of sp³-hybridized carbons (Fsp3) is 0.250. The molecule has 0 radical (unpaired) electrons. The lowest BCUT2D eigenvalue weighted by Crippen LogP contribution is -2.54. The Morgan fingerprint density at radius 2 is 1.83 bits per heavy atom. The maximum atomic E-state index is 16.2. The van der Waals surface area contributed by atoms with Gasteiger partial charge in [0.25, 0.3) is 17.7 Å². The Balaban J connectivity index is 1.11. The number of anilines is 3. The summed E-state index contributed by atoms with van der Waals surface area (Å²) >= 11 is 0. The van der Waals surface area contributed by atoms with Crippen LogP contribution in [0.1, 0.15) is 45.7 Å². The number of nitrogens with one attached hydrogen (secondary N) is 4. The normalized spacial score (nSPS) is 19.3. The highest BCUT2D eigenvalue weighted by Crippen LogP contribution is 2.41. The van der Waals surface area contributed by atoms with E-state index < -0.39 is 75.6 Å². The molecule has 0 bridgehead atoms. The minimum atomic E-state index is -4.48. The fourth-order valence-electron chi connectivity index (χ4n) is 6.60. The molecule has 0 aliphatic carbocycles. The van der Waals surface area contributed by atoms with E-state index in [1.807, 2.05) is 0 Å². The number of amides is 7. The van der Waals surface area contributed by atoms with Crippen molar-refractivity contribution < 1.29 is 46.7 Å². The summed E-state index contributed by atoms with van der Waals surface area (Å²) in [5.41, 5.74) is 0.170. The number of piperidine rings is 1. The fourth-order valence-corrected chi connectivity index (χ4v) is 7.77. The molecule has 4 aliphatic heterocycles. The van der Waals surface area contributed by atoms with Crippen molar-refractivity contribution in [3.8, 4) is 11.4 Å². The lowest BCUT2D eigenvalue weighted by molar-refractivity contribution is -0.136. The molecule has 53 heavy (non-hydrogen) atoms. The Morgan fingerprint density at radius 1 is 1.04 bits per heavy atom. The van der Waals surface area contributed by atoms with Gasteiger partial charge < -0.3 is 20.6 Å². The van der Waals surface area contributed by atoms with Gasteiger partial charge >= 0.3 is 16.2 Å². The van der Waals surface area contributed by atoms with Crippen LogP contribution >= 0.6 is 0 Å². The van der Waals surface area contributed by atoms with E-state index in [1.54, 1.807) is 21.8 Å². The molecule has 3 aromatic carbocycles. The Hall–Kier alpha value is -6.64. The number of phenolic OH excluding ortho intramolecular Hbond substituents is 1. The number of hydrogen-bond acceptors (Lipinski definition) is 12. The molecule has 5 heterocycles. The van der Waals surface area contributed by atoms with Crippen LogP contribution in [0.2, 0.25) is 0 Å². The maximum absolute atomic E-state index is 16.2. The van der Waals surface area contributed by atoms with Gasteiger partial charge in [-0.15, -0.1) is 5.10 Å². The van der Waals surface area contributed by atoms with E-state index in [2.05, 4.69) is 26.3 Å². The minimum Gasteiger partial charge on any atom is -0.506 e. The van der Waals surface area contributed by atoms with Crippen molar-refractivity contribution in [3.63, 3.8) is 0 Å². The Kier molecular flexibility index (Phi) is 7.74. The molecular formula is C32H27FN10O9S. The van der Waals surface area contributed by atoms with Crippen molar-refractivity contribution in [2.75, 3.05) is 34.6 Å². The number of urea groups is 1. The van der Waals surface area contributed by atoms with E-state index >= 15 is 4.39 Å². The van der Waals surface area contributed by atoms with Crippen LogP contribution in [-0.4, -0.2) is 99.6 Å². The van der Waals surface area contributed by atoms with Crippen molar-refractivity contribution in [1.29, 1.82) is 0 Å². The molecule has 8 rings (SSSR count). The van der Waals surface area contributed by atoms with Gasteiger partial charge in [-0.1, -0.05) is 11.3 Å². The van der Waals surface area contributed by atoms with Crippen LogP contribution in [-0.2, 0) is 31.1 Å². The molecule has 5 N–H and O–H groups in total. The second-order valence-corrected chi connectivity index (χ2v) is 14.2. The lowest BCUT2D eigenvalue weighted by Gasteiger charge is -2.31. The van der Waals surface area contributed by atoms with Crippen LogP contribution in [0.3, 0.4) is 0 Å². The SMILES string of the molecule is O=C1CCC(N2C(=O)c3cccc(NCc4cn(-c5cc6c(F)c(N7CC(=O)NS7(=O)=O)c(O)cc6cc5NC(=O)N5CCC5)nn4)c3C2=O)C(=O)N1. The summed E-state index contributed by atoms with van der Waals surface area (Å²) in [5, 5.41) is 26.9. The summed E-state index contributed by atoms with van der Waals surface area (Å²) in [6.07, 6.45) is 2.24. The molecule has 3 saturated heterocycles. The Morgan fingerprint density at radius 3 is 2.53 bits per heavy atom. The number of benzene rings is 3. The second kappa shape index (κ2) is 12.3. The van der Waals surface area contributed by atoms with Crippen molar-refractivity contribution in [2.45, 2.75) is 31.8 Å². The molecule has 4 aliphatic rings. The number of halogens is 1. The quantitative estimate of drug-likeness (QED) is 0.164. The summed E-state index contributed by atoms with van der Waals surface area (Å²) in [6.45, 7) is 0.242. The van der Waals surface area contributed by atoms with Crippen molar-refractivity contribution in [3.05, 3.63) is 65.2 Å². The van der Waals surface area contributed by atoms with Crippen LogP contribution in [0, 0.1) is 5.82 Å². The molecule has 272 valence electrons. The van der Waals surface area contributed by atoms with E-state index in [-0.39, 0.29) is 58.3 Å². The third kappa shape index (κ3) is 5.60. The van der Waals surface area contributed by atoms with Crippen LogP contribution in [0.4, 0.5) is 26.2 Å². The highest BCUT2D eigenvalue weighted by Gasteiger charge is 2.45. The number of imide groups is 2. The summed E-state index contributed by atoms with van der Waals surface area (Å²) in [5.74, 6) is -5.45. The molecule has 1 aromatic heterocycles. The van der Waals surface area contributed by atoms with Gasteiger partial charge in [0.05, 0.1) is 35.2 Å². The van der Waals surface area contributed by atoms with Gasteiger partial charge in [0.15, 0.2) is 5.82 Å². The zero-order chi connectivity index (χ0) is 37.3. The molecule has 0 spiro atoms. The molecule has 21 heteroatoms. The molecule has 19 nitrogen and oxygen atoms in total. The summed E-state index contributed by atoms with van der Waals surface area (Å²) in [7, 11) is -4.48. The van der Waals surface area contributed by atoms with Crippen LogP contribution < -0.4 is 25.0 Å². The average molecular weight is 747 g/mol. The second-order valence-electron chi connectivity index (χ2n) is 12.6. The number of rotatable bonds is 7. The molecule has 1 unspecified atom stereocenters. The van der Waals surface area contributed by atoms with Gasteiger partial charge in [-0.05, 0) is 48.6 Å². The van der Waals surface area contributed by atoms with E-state index in [0.717, 1.165) is 17.4 Å². The zero-order valence-corrected chi connectivity index (χ0v) is 28.1. The average Bonchev–Trinajstić information content (AvgIpc) is 3.72. The van der Waals surface area contributed by atoms with Crippen molar-refractivity contribution in [1.82, 2.24) is 34.8 Å². The number of aromatic nitrogens is 3. The predicted molar refractivity (Wildman–Crippen MR) is 181 cm³/mol. The summed E-state index contributed by atoms with van der Waals surface area (Å²) in [6, 6.07) is 6.74. The molecule has 3 fully saturated rings. The van der Waals surface area contributed by atoms with E-state index in [4.69, 9.17) is 0 Å². The minimum absolute atomic E-state index is 0.00212. The number of hydrogen-bond donors (Lipinski definition) is 5. The van der Waals surface area contributed by atoms with E-state index in [9.17, 15) is 42.3 Å². The third-order valence-corrected chi connectivity index (χ3v) is 10.7. The van der Waals surface area contributed by atoms with Crippen LogP contribution in [0.25, 0.3) is 16.5 Å². The smallest absolute Gasteiger partial charge is 0.326 e. The number of phenols is 1. The first-order valence-corrected chi connectivity index (χ1v) is 17.6. The lowest BCUT2D eigenvalue weighted by atomic mass is 10.0. The highest BCUT2D eigenvalue weighted by atomic mass is 32.2. The van der Waals surface area contributed by atoms with Crippen LogP contribution in [0.15, 0.2) is 42.6 Å². The van der Waals surface area contributed by atoms with E-state index in [0.29, 0.717) is 23.1 Å². The summed E-state index contributed by atoms with van der Waals surface area (Å²) < 4.78 is 44.6. The first-order valence-electron chi connectivity index (χ1n) is 16.2. The standard InChI is InChI=1S/C32H27FN10O9S/c33-27-18-11-22(20(35-32(50)40-7-2-8-40)9-15(18)10-23(44)28(27)42-14-25(46)38-53(42,51)52)41-13-16(37-39-41)12-34-19-4-1-3-17-26(19)31(49)43(30(17)48)21-5-6-24(45)36-29(21)47/h1,3-4,9-11,13,21,34,44H,2,5-8,12,14H2,(H,35,50)(H,38,46)(H,36,45,47). The van der Waals surface area contributed by atoms with Gasteiger partial charge in [-0.3, -0.25) is 34.2 Å². The Labute approximate surface area is 297 Å². The number of carbonyl (C=O) groups excluding carboxylic acids is 6. The third-order valence-electron chi connectivity index (χ3n) is 9.32. The Bertz CT molecular complexity index is 2450. The molecule has 4 aromatic rings. The molecule has 7 amide bonds. The van der Waals surface area contributed by atoms with Crippen molar-refractivity contribution in [2.24, 2.45) is 0 Å². The molecule has 1 atom stereocenters. The number of fused-ring (bicyclic) bond motifs is 2. The van der Waals surface area contributed by atoms with Gasteiger partial charge in [0.1, 0.15) is 29.7 Å². The maximum Gasteiger partial charge on any atom is 0.326 e. The zero-order valence-electron chi connectivity index (χ0n) is 27.3. The predicted octanol–water partition coefficient (Wildman–Crippen LogP) is 0.697. The number of carbonyl (C=O) groups is 6. The number of nitrogens with zero attached hydrogens (tertiary/aromatic N) is 6. The topological polar surface area (TPSA) is 245 Å². The highest BCUT2D eigenvalue weighted by molar-refractivity contribution is 7.92. The van der Waals surface area contributed by atoms with E-state index in [1.165, 1.54) is 29.1 Å². The van der Waals surface area contributed by atoms with Crippen LogP contribution in [0.5, 0.6) is 5.75 Å². The van der Waals surface area contributed by atoms with Crippen molar-refractivity contribution >= 4 is 73.6 Å². The number of aromatic hydroxyl groups is 1. The molecule has 0 saturated carbocycles. The monoisotopic (exact) mass is 746 g/mol. The van der Waals surface area contributed by atoms with Gasteiger partial charge in [-0.25, -0.2) is 22.9 Å². The van der Waals surface area contributed by atoms with Gasteiger partial charge in [0.2, 0.25) is 11.8 Å². The first kappa shape index (κ1) is 33.5.